The highest BCUT2D eigenvalue weighted by Crippen LogP contribution is 2.15. The van der Waals surface area contributed by atoms with E-state index in [0.717, 1.165) is 18.8 Å². The lowest BCUT2D eigenvalue weighted by molar-refractivity contribution is -0.308. The molecular formula is C17H24N3O3-. The van der Waals surface area contributed by atoms with E-state index in [4.69, 9.17) is 0 Å². The molecule has 1 saturated heterocycles. The van der Waals surface area contributed by atoms with Crippen molar-refractivity contribution in [2.75, 3.05) is 31.1 Å². The number of hydrogen-bond acceptors (Lipinski definition) is 4. The summed E-state index contributed by atoms with van der Waals surface area (Å²) in [7, 11) is 0. The molecule has 6 nitrogen and oxygen atoms in total. The van der Waals surface area contributed by atoms with Gasteiger partial charge in [-0.1, -0.05) is 32.0 Å². The topological polar surface area (TPSA) is 75.7 Å². The third-order valence-corrected chi connectivity index (χ3v) is 3.98. The van der Waals surface area contributed by atoms with Gasteiger partial charge < -0.3 is 25.0 Å². The van der Waals surface area contributed by atoms with Crippen LogP contribution in [0.4, 0.5) is 10.5 Å². The molecule has 0 unspecified atom stereocenters. The maximum absolute atomic E-state index is 12.2. The molecule has 0 aliphatic carbocycles. The molecule has 1 aromatic carbocycles. The van der Waals surface area contributed by atoms with Crippen LogP contribution < -0.4 is 15.3 Å². The number of para-hydroxylation sites is 1. The van der Waals surface area contributed by atoms with E-state index in [9.17, 15) is 14.7 Å². The third kappa shape index (κ3) is 4.87. The predicted molar refractivity (Wildman–Crippen MR) is 87.0 cm³/mol. The first-order valence-electron chi connectivity index (χ1n) is 8.03. The lowest BCUT2D eigenvalue weighted by Gasteiger charge is -2.37. The molecule has 2 amide bonds. The Morgan fingerprint density at radius 1 is 1.13 bits per heavy atom. The van der Waals surface area contributed by atoms with Crippen LogP contribution in [0.15, 0.2) is 30.3 Å². The quantitative estimate of drug-likeness (QED) is 0.866. The van der Waals surface area contributed by atoms with Crippen LogP contribution in [0.1, 0.15) is 20.3 Å². The van der Waals surface area contributed by atoms with Crippen LogP contribution >= 0.6 is 0 Å². The van der Waals surface area contributed by atoms with Crippen molar-refractivity contribution in [3.05, 3.63) is 30.3 Å². The Labute approximate surface area is 137 Å². The highest BCUT2D eigenvalue weighted by atomic mass is 16.4. The molecule has 1 atom stereocenters. The molecule has 1 aliphatic rings. The number of carbonyl (C=O) groups is 2. The van der Waals surface area contributed by atoms with Gasteiger partial charge in [-0.05, 0) is 24.5 Å². The summed E-state index contributed by atoms with van der Waals surface area (Å²) in [6, 6.07) is 8.79. The zero-order valence-corrected chi connectivity index (χ0v) is 13.7. The van der Waals surface area contributed by atoms with Crippen LogP contribution in [0, 0.1) is 5.92 Å². The van der Waals surface area contributed by atoms with Crippen LogP contribution in [-0.2, 0) is 4.79 Å². The minimum absolute atomic E-state index is 0.174. The first-order valence-corrected chi connectivity index (χ1v) is 8.03. The highest BCUT2D eigenvalue weighted by Gasteiger charge is 2.23. The van der Waals surface area contributed by atoms with Gasteiger partial charge in [-0.2, -0.15) is 0 Å². The predicted octanol–water partition coefficient (Wildman–Crippen LogP) is 0.683. The molecule has 1 fully saturated rings. The van der Waals surface area contributed by atoms with E-state index in [2.05, 4.69) is 10.2 Å². The zero-order valence-electron chi connectivity index (χ0n) is 13.7. The highest BCUT2D eigenvalue weighted by molar-refractivity contribution is 5.81. The van der Waals surface area contributed by atoms with Gasteiger partial charge >= 0.3 is 6.03 Å². The number of benzene rings is 1. The summed E-state index contributed by atoms with van der Waals surface area (Å²) in [5.41, 5.74) is 1.14. The van der Waals surface area contributed by atoms with E-state index >= 15 is 0 Å². The van der Waals surface area contributed by atoms with Crippen molar-refractivity contribution in [1.29, 1.82) is 0 Å². The third-order valence-electron chi connectivity index (χ3n) is 3.98. The van der Waals surface area contributed by atoms with Gasteiger partial charge in [-0.3, -0.25) is 0 Å². The van der Waals surface area contributed by atoms with Gasteiger partial charge in [-0.15, -0.1) is 0 Å². The van der Waals surface area contributed by atoms with E-state index in [1.807, 2.05) is 44.2 Å². The summed E-state index contributed by atoms with van der Waals surface area (Å²) in [6.07, 6.45) is 0.373. The molecule has 126 valence electrons. The van der Waals surface area contributed by atoms with Gasteiger partial charge in [0.1, 0.15) is 0 Å². The molecule has 0 saturated carbocycles. The number of nitrogens with zero attached hydrogens (tertiary/aromatic N) is 2. The maximum Gasteiger partial charge on any atom is 0.318 e. The van der Waals surface area contributed by atoms with Gasteiger partial charge in [0, 0.05) is 31.9 Å². The van der Waals surface area contributed by atoms with Crippen molar-refractivity contribution in [3.8, 4) is 0 Å². The Bertz CT molecular complexity index is 525. The van der Waals surface area contributed by atoms with Gasteiger partial charge in [0.2, 0.25) is 0 Å². The van der Waals surface area contributed by atoms with Crippen molar-refractivity contribution in [3.63, 3.8) is 0 Å². The lowest BCUT2D eigenvalue weighted by Crippen LogP contribution is -2.56. The number of piperazine rings is 1. The minimum Gasteiger partial charge on any atom is -0.548 e. The molecule has 1 aromatic rings. The van der Waals surface area contributed by atoms with Crippen molar-refractivity contribution in [1.82, 2.24) is 10.2 Å². The molecule has 2 rings (SSSR count). The summed E-state index contributed by atoms with van der Waals surface area (Å²) in [4.78, 5) is 27.3. The molecule has 1 N–H and O–H groups in total. The van der Waals surface area contributed by atoms with Crippen LogP contribution in [0.2, 0.25) is 0 Å². The van der Waals surface area contributed by atoms with Crippen LogP contribution in [-0.4, -0.2) is 49.1 Å². The first kappa shape index (κ1) is 17.1. The molecule has 1 heterocycles. The summed E-state index contributed by atoms with van der Waals surface area (Å²) in [6.45, 7) is 6.45. The van der Waals surface area contributed by atoms with Gasteiger partial charge in [0.15, 0.2) is 0 Å². The Kier molecular flexibility index (Phi) is 5.84. The fourth-order valence-electron chi connectivity index (χ4n) is 2.73. The normalized spacial score (nSPS) is 16.3. The number of aliphatic carboxylic acids is 1. The zero-order chi connectivity index (χ0) is 16.8. The number of carbonyl (C=O) groups excluding carboxylic acids is 2. The van der Waals surface area contributed by atoms with E-state index in [-0.39, 0.29) is 11.9 Å². The van der Waals surface area contributed by atoms with Gasteiger partial charge in [0.25, 0.3) is 0 Å². The van der Waals surface area contributed by atoms with Crippen LogP contribution in [0.3, 0.4) is 0 Å². The second kappa shape index (κ2) is 7.85. The fourth-order valence-corrected chi connectivity index (χ4v) is 2.73. The Balaban J connectivity index is 1.86. The number of rotatable bonds is 5. The molecule has 0 bridgehead atoms. The van der Waals surface area contributed by atoms with E-state index in [1.54, 1.807) is 4.90 Å². The van der Waals surface area contributed by atoms with Gasteiger partial charge in [-0.25, -0.2) is 4.79 Å². The monoisotopic (exact) mass is 318 g/mol. The Hall–Kier alpha value is -2.24. The molecular weight excluding hydrogens is 294 g/mol. The standard InChI is InChI=1S/C17H25N3O3/c1-13(2)12-15(16(21)22)18-17(23)20-10-8-19(9-11-20)14-6-4-3-5-7-14/h3-7,13,15H,8-12H2,1-2H3,(H,18,23)(H,21,22)/p-1/t15-/m0/s1. The fraction of sp³-hybridized carbons (Fsp3) is 0.529. The number of carboxylic acid groups (broad SMARTS) is 1. The number of urea groups is 1. The SMILES string of the molecule is CC(C)C[C@H](NC(=O)N1CCN(c2ccccc2)CC1)C(=O)[O-]. The van der Waals surface area contributed by atoms with Crippen molar-refractivity contribution in [2.24, 2.45) is 5.92 Å². The second-order valence-corrected chi connectivity index (χ2v) is 6.26. The summed E-state index contributed by atoms with van der Waals surface area (Å²) in [5, 5.41) is 13.7. The van der Waals surface area contributed by atoms with E-state index < -0.39 is 12.0 Å². The van der Waals surface area contributed by atoms with E-state index in [0.29, 0.717) is 19.5 Å². The number of hydrogen-bond donors (Lipinski definition) is 1. The molecule has 1 aliphatic heterocycles. The van der Waals surface area contributed by atoms with Crippen molar-refractivity contribution in [2.45, 2.75) is 26.3 Å². The first-order chi connectivity index (χ1) is 11.0. The second-order valence-electron chi connectivity index (χ2n) is 6.26. The minimum atomic E-state index is -1.23. The van der Waals surface area contributed by atoms with Crippen molar-refractivity contribution >= 4 is 17.7 Å². The number of carboxylic acids is 1. The summed E-state index contributed by atoms with van der Waals surface area (Å²) >= 11 is 0. The molecule has 0 spiro atoms. The van der Waals surface area contributed by atoms with Crippen molar-refractivity contribution < 1.29 is 14.7 Å². The number of amides is 2. The van der Waals surface area contributed by atoms with E-state index in [1.165, 1.54) is 0 Å². The average molecular weight is 318 g/mol. The Morgan fingerprint density at radius 3 is 2.26 bits per heavy atom. The summed E-state index contributed by atoms with van der Waals surface area (Å²) < 4.78 is 0. The lowest BCUT2D eigenvalue weighted by atomic mass is 10.0. The smallest absolute Gasteiger partial charge is 0.318 e. The molecule has 6 heteroatoms. The molecule has 0 aromatic heterocycles. The van der Waals surface area contributed by atoms with Crippen LogP contribution in [0.25, 0.3) is 0 Å². The largest absolute Gasteiger partial charge is 0.548 e. The van der Waals surface area contributed by atoms with Gasteiger partial charge in [0.05, 0.1) is 12.0 Å². The summed E-state index contributed by atoms with van der Waals surface area (Å²) in [5.74, 6) is -1.05. The van der Waals surface area contributed by atoms with Crippen LogP contribution in [0.5, 0.6) is 0 Å². The Morgan fingerprint density at radius 2 is 1.74 bits per heavy atom. The maximum atomic E-state index is 12.2. The molecule has 0 radical (unpaired) electrons. The number of anilines is 1. The number of nitrogens with one attached hydrogen (secondary N) is 1. The average Bonchev–Trinajstić information content (AvgIpc) is 2.54. The molecule has 23 heavy (non-hydrogen) atoms.